The lowest BCUT2D eigenvalue weighted by Crippen LogP contribution is -2.57. The Morgan fingerprint density at radius 3 is 2.42 bits per heavy atom. The quantitative estimate of drug-likeness (QED) is 0.727. The molecule has 0 amide bonds. The van der Waals surface area contributed by atoms with Crippen molar-refractivity contribution in [2.75, 3.05) is 50.7 Å². The summed E-state index contributed by atoms with van der Waals surface area (Å²) >= 11 is 0. The normalized spacial score (nSPS) is 18.5. The number of nitrogens with one attached hydrogen (secondary N) is 1. The summed E-state index contributed by atoms with van der Waals surface area (Å²) in [6.07, 6.45) is -0.485. The summed E-state index contributed by atoms with van der Waals surface area (Å²) in [7, 11) is 3.29. The Bertz CT molecular complexity index is 931. The number of nitrogens with zero attached hydrogens (tertiary/aromatic N) is 4. The van der Waals surface area contributed by atoms with Crippen molar-refractivity contribution in [3.8, 4) is 11.5 Å². The summed E-state index contributed by atoms with van der Waals surface area (Å²) in [5.41, 5.74) is 7.88. The molecule has 31 heavy (non-hydrogen) atoms. The molecule has 166 valence electrons. The van der Waals surface area contributed by atoms with Gasteiger partial charge in [-0.05, 0) is 36.4 Å². The maximum absolute atomic E-state index is 6.11. The van der Waals surface area contributed by atoms with Crippen LogP contribution in [0.2, 0.25) is 0 Å². The van der Waals surface area contributed by atoms with Crippen LogP contribution < -0.4 is 25.4 Å². The smallest absolute Gasteiger partial charge is 0.222 e. The van der Waals surface area contributed by atoms with E-state index >= 15 is 0 Å². The zero-order chi connectivity index (χ0) is 20.9. The van der Waals surface area contributed by atoms with Crippen molar-refractivity contribution >= 4 is 35.7 Å². The van der Waals surface area contributed by atoms with Gasteiger partial charge in [0.2, 0.25) is 18.2 Å². The minimum atomic E-state index is -0.485. The Labute approximate surface area is 187 Å². The first-order valence-electron chi connectivity index (χ1n) is 9.76. The number of halogens is 1. The molecule has 10 heteroatoms. The van der Waals surface area contributed by atoms with E-state index in [-0.39, 0.29) is 18.4 Å². The van der Waals surface area contributed by atoms with E-state index in [1.165, 1.54) is 0 Å². The lowest BCUT2D eigenvalue weighted by molar-refractivity contribution is 0.0671. The van der Waals surface area contributed by atoms with Gasteiger partial charge in [-0.2, -0.15) is 4.99 Å². The van der Waals surface area contributed by atoms with E-state index in [2.05, 4.69) is 20.2 Å². The van der Waals surface area contributed by atoms with Crippen LogP contribution in [0.15, 0.2) is 58.5 Å². The maximum atomic E-state index is 6.11. The van der Waals surface area contributed by atoms with Crippen molar-refractivity contribution in [3.63, 3.8) is 0 Å². The Hall–Kier alpha value is -3.17. The number of ether oxygens (including phenoxy) is 3. The molecule has 2 aromatic carbocycles. The molecule has 1 unspecified atom stereocenters. The number of rotatable bonds is 5. The van der Waals surface area contributed by atoms with Gasteiger partial charge < -0.3 is 30.2 Å². The third-order valence-electron chi connectivity index (χ3n) is 4.94. The monoisotopic (exact) mass is 446 g/mol. The molecule has 2 aliphatic heterocycles. The lowest BCUT2D eigenvalue weighted by Gasteiger charge is -2.41. The number of anilines is 2. The summed E-state index contributed by atoms with van der Waals surface area (Å²) in [4.78, 5) is 13.3. The Morgan fingerprint density at radius 2 is 1.74 bits per heavy atom. The minimum absolute atomic E-state index is 0. The molecule has 2 aromatic rings. The van der Waals surface area contributed by atoms with Gasteiger partial charge in [0.15, 0.2) is 0 Å². The molecule has 1 fully saturated rings. The number of aliphatic imine (C=N–C) groups is 2. The van der Waals surface area contributed by atoms with E-state index in [0.717, 1.165) is 41.9 Å². The second-order valence-electron chi connectivity index (χ2n) is 6.82. The second kappa shape index (κ2) is 10.2. The van der Waals surface area contributed by atoms with Gasteiger partial charge in [0.05, 0.1) is 33.1 Å². The SMILES string of the molecule is COc1ccc(NC2N=C(N)N=C(N3CCOCC3)N2c2cccc(OC)c2)cc1.Cl. The first kappa shape index (κ1) is 22.5. The first-order chi connectivity index (χ1) is 14.7. The summed E-state index contributed by atoms with van der Waals surface area (Å²) in [6.45, 7) is 2.72. The Morgan fingerprint density at radius 1 is 1.03 bits per heavy atom. The van der Waals surface area contributed by atoms with Crippen molar-refractivity contribution in [1.29, 1.82) is 0 Å². The molecule has 0 saturated carbocycles. The third kappa shape index (κ3) is 5.12. The largest absolute Gasteiger partial charge is 0.497 e. The molecule has 0 spiro atoms. The highest BCUT2D eigenvalue weighted by molar-refractivity contribution is 6.06. The molecule has 0 aliphatic carbocycles. The van der Waals surface area contributed by atoms with E-state index in [4.69, 9.17) is 19.9 Å². The van der Waals surface area contributed by atoms with Gasteiger partial charge in [0.25, 0.3) is 0 Å². The van der Waals surface area contributed by atoms with Gasteiger partial charge in [-0.1, -0.05) is 6.07 Å². The van der Waals surface area contributed by atoms with E-state index in [0.29, 0.717) is 13.2 Å². The van der Waals surface area contributed by atoms with Crippen LogP contribution >= 0.6 is 12.4 Å². The van der Waals surface area contributed by atoms with Gasteiger partial charge in [0, 0.05) is 24.8 Å². The summed E-state index contributed by atoms with van der Waals surface area (Å²) < 4.78 is 16.2. The molecule has 2 aliphatic rings. The number of benzene rings is 2. The first-order valence-corrected chi connectivity index (χ1v) is 9.76. The number of hydrogen-bond acceptors (Lipinski definition) is 9. The molecule has 4 rings (SSSR count). The zero-order valence-corrected chi connectivity index (χ0v) is 18.3. The lowest BCUT2D eigenvalue weighted by atomic mass is 10.2. The van der Waals surface area contributed by atoms with Crippen LogP contribution in [-0.4, -0.2) is 63.6 Å². The van der Waals surface area contributed by atoms with Crippen LogP contribution in [0, 0.1) is 0 Å². The Balaban J connectivity index is 0.00000272. The van der Waals surface area contributed by atoms with Gasteiger partial charge in [-0.3, -0.25) is 4.90 Å². The highest BCUT2D eigenvalue weighted by Gasteiger charge is 2.32. The van der Waals surface area contributed by atoms with Crippen LogP contribution in [0.25, 0.3) is 0 Å². The van der Waals surface area contributed by atoms with Crippen molar-refractivity contribution < 1.29 is 14.2 Å². The van der Waals surface area contributed by atoms with Crippen molar-refractivity contribution in [1.82, 2.24) is 4.90 Å². The maximum Gasteiger partial charge on any atom is 0.222 e. The number of methoxy groups -OCH3 is 2. The van der Waals surface area contributed by atoms with Crippen LogP contribution in [-0.2, 0) is 4.74 Å². The van der Waals surface area contributed by atoms with E-state index in [9.17, 15) is 0 Å². The molecule has 0 aromatic heterocycles. The van der Waals surface area contributed by atoms with Crippen LogP contribution in [0.5, 0.6) is 11.5 Å². The number of hydrogen-bond donors (Lipinski definition) is 2. The fourth-order valence-electron chi connectivity index (χ4n) is 3.41. The van der Waals surface area contributed by atoms with Crippen LogP contribution in [0.3, 0.4) is 0 Å². The van der Waals surface area contributed by atoms with E-state index in [1.54, 1.807) is 14.2 Å². The van der Waals surface area contributed by atoms with Gasteiger partial charge >= 0.3 is 0 Å². The number of morpholine rings is 1. The van der Waals surface area contributed by atoms with E-state index < -0.39 is 6.29 Å². The molecule has 9 nitrogen and oxygen atoms in total. The molecule has 3 N–H and O–H groups in total. The van der Waals surface area contributed by atoms with Crippen LogP contribution in [0.1, 0.15) is 0 Å². The molecule has 1 saturated heterocycles. The molecule has 0 bridgehead atoms. The molecular formula is C21H27ClN6O3. The molecular weight excluding hydrogens is 420 g/mol. The van der Waals surface area contributed by atoms with Gasteiger partial charge in [0.1, 0.15) is 11.5 Å². The third-order valence-corrected chi connectivity index (χ3v) is 4.94. The number of guanidine groups is 2. The second-order valence-corrected chi connectivity index (χ2v) is 6.82. The topological polar surface area (TPSA) is 96.9 Å². The minimum Gasteiger partial charge on any atom is -0.497 e. The van der Waals surface area contributed by atoms with Gasteiger partial charge in [-0.25, -0.2) is 4.99 Å². The fourth-order valence-corrected chi connectivity index (χ4v) is 3.41. The zero-order valence-electron chi connectivity index (χ0n) is 17.5. The average molecular weight is 447 g/mol. The molecule has 0 radical (unpaired) electrons. The fraction of sp³-hybridized carbons (Fsp3) is 0.333. The van der Waals surface area contributed by atoms with E-state index in [1.807, 2.05) is 53.4 Å². The number of nitrogens with two attached hydrogens (primary N) is 1. The molecule has 2 heterocycles. The van der Waals surface area contributed by atoms with Crippen molar-refractivity contribution in [3.05, 3.63) is 48.5 Å². The van der Waals surface area contributed by atoms with Crippen molar-refractivity contribution in [2.24, 2.45) is 15.7 Å². The average Bonchev–Trinajstić information content (AvgIpc) is 2.80. The Kier molecular flexibility index (Phi) is 7.43. The van der Waals surface area contributed by atoms with Gasteiger partial charge in [-0.15, -0.1) is 12.4 Å². The molecule has 1 atom stereocenters. The predicted octanol–water partition coefficient (Wildman–Crippen LogP) is 2.34. The van der Waals surface area contributed by atoms with Crippen LogP contribution in [0.4, 0.5) is 11.4 Å². The summed E-state index contributed by atoms with van der Waals surface area (Å²) in [6, 6.07) is 15.5. The predicted molar refractivity (Wildman–Crippen MR) is 125 cm³/mol. The standard InChI is InChI=1S/C21H26N6O3.ClH/c1-28-17-8-6-15(7-9-17)23-20-24-19(22)25-21(26-10-12-30-13-11-26)27(20)16-4-3-5-18(14-16)29-2;/h3-9,14,20,23H,10-13H2,1-2H3,(H2,22,24);1H. The van der Waals surface area contributed by atoms with Crippen molar-refractivity contribution in [2.45, 2.75) is 6.29 Å². The summed E-state index contributed by atoms with van der Waals surface area (Å²) in [5, 5.41) is 3.44. The highest BCUT2D eigenvalue weighted by atomic mass is 35.5. The summed E-state index contributed by atoms with van der Waals surface area (Å²) in [5.74, 6) is 2.48. The highest BCUT2D eigenvalue weighted by Crippen LogP contribution is 2.28.